The van der Waals surface area contributed by atoms with Crippen molar-refractivity contribution < 1.29 is 9.15 Å². The van der Waals surface area contributed by atoms with E-state index < -0.39 is 0 Å². The number of nitrogens with zero attached hydrogens (tertiary/aromatic N) is 4. The van der Waals surface area contributed by atoms with Gasteiger partial charge < -0.3 is 14.1 Å². The molecule has 3 aromatic rings. The number of ether oxygens (including phenoxy) is 1. The van der Waals surface area contributed by atoms with Gasteiger partial charge in [-0.1, -0.05) is 13.3 Å². The molecule has 1 aliphatic rings. The Morgan fingerprint density at radius 2 is 2.00 bits per heavy atom. The summed E-state index contributed by atoms with van der Waals surface area (Å²) in [6, 6.07) is 10.0. The molecule has 0 unspecified atom stereocenters. The fourth-order valence-electron chi connectivity index (χ4n) is 3.83. The van der Waals surface area contributed by atoms with Gasteiger partial charge in [0.1, 0.15) is 11.3 Å². The van der Waals surface area contributed by atoms with Crippen LogP contribution in [-0.4, -0.2) is 34.9 Å². The van der Waals surface area contributed by atoms with Gasteiger partial charge in [-0.15, -0.1) is 5.10 Å². The third kappa shape index (κ3) is 5.05. The first kappa shape index (κ1) is 19.7. The summed E-state index contributed by atoms with van der Waals surface area (Å²) in [6.45, 7) is 6.95. The molecule has 6 heteroatoms. The highest BCUT2D eigenvalue weighted by Crippen LogP contribution is 2.26. The van der Waals surface area contributed by atoms with Crippen molar-refractivity contribution in [3.05, 3.63) is 41.9 Å². The number of unbranched alkanes of at least 4 members (excludes halogenated alkanes) is 1. The average Bonchev–Trinajstić information content (AvgIpc) is 3.15. The number of hydrogen-bond acceptors (Lipinski definition) is 6. The van der Waals surface area contributed by atoms with Crippen LogP contribution < -0.4 is 9.64 Å². The molecular formula is C23H30N4O2. The molecule has 6 nitrogen and oxygen atoms in total. The molecule has 0 aliphatic carbocycles. The van der Waals surface area contributed by atoms with Crippen LogP contribution in [0.3, 0.4) is 0 Å². The van der Waals surface area contributed by atoms with Gasteiger partial charge in [0.15, 0.2) is 17.3 Å². The molecule has 4 rings (SSSR count). The van der Waals surface area contributed by atoms with Crippen molar-refractivity contribution in [1.29, 1.82) is 0 Å². The van der Waals surface area contributed by atoms with Gasteiger partial charge in [-0.25, -0.2) is 4.98 Å². The highest BCUT2D eigenvalue weighted by Gasteiger charge is 2.20. The molecule has 0 spiro atoms. The zero-order valence-corrected chi connectivity index (χ0v) is 17.4. The van der Waals surface area contributed by atoms with Gasteiger partial charge in [0.2, 0.25) is 0 Å². The Balaban J connectivity index is 1.23. The third-order valence-corrected chi connectivity index (χ3v) is 5.67. The van der Waals surface area contributed by atoms with E-state index in [2.05, 4.69) is 33.1 Å². The van der Waals surface area contributed by atoms with E-state index in [4.69, 9.17) is 9.15 Å². The molecule has 1 fully saturated rings. The third-order valence-electron chi connectivity index (χ3n) is 5.67. The lowest BCUT2D eigenvalue weighted by atomic mass is 9.94. The van der Waals surface area contributed by atoms with Crippen LogP contribution in [0.25, 0.3) is 11.1 Å². The van der Waals surface area contributed by atoms with Crippen molar-refractivity contribution in [3.63, 3.8) is 0 Å². The van der Waals surface area contributed by atoms with E-state index in [1.54, 1.807) is 0 Å². The highest BCUT2D eigenvalue weighted by atomic mass is 16.5. The second kappa shape index (κ2) is 9.25. The summed E-state index contributed by atoms with van der Waals surface area (Å²) < 4.78 is 11.9. The number of piperidine rings is 1. The Labute approximate surface area is 172 Å². The molecule has 0 saturated carbocycles. The Hall–Kier alpha value is -2.63. The summed E-state index contributed by atoms with van der Waals surface area (Å²) in [5.74, 6) is 3.37. The van der Waals surface area contributed by atoms with Gasteiger partial charge >= 0.3 is 0 Å². The number of benzene rings is 1. The SMILES string of the molecule is CCCCc1nc2ccc(OCCC3CCN(c4ccc(C)nn4)CC3)cc2o1. The monoisotopic (exact) mass is 394 g/mol. The molecule has 0 atom stereocenters. The molecule has 29 heavy (non-hydrogen) atoms. The van der Waals surface area contributed by atoms with E-state index >= 15 is 0 Å². The summed E-state index contributed by atoms with van der Waals surface area (Å²) in [5.41, 5.74) is 2.69. The number of anilines is 1. The number of hydrogen-bond donors (Lipinski definition) is 0. The largest absolute Gasteiger partial charge is 0.493 e. The minimum atomic E-state index is 0.694. The van der Waals surface area contributed by atoms with Crippen LogP contribution in [-0.2, 0) is 6.42 Å². The number of oxazole rings is 1. The first-order chi connectivity index (χ1) is 14.2. The van der Waals surface area contributed by atoms with Crippen molar-refractivity contribution in [2.45, 2.75) is 52.4 Å². The summed E-state index contributed by atoms with van der Waals surface area (Å²) in [7, 11) is 0. The minimum Gasteiger partial charge on any atom is -0.493 e. The zero-order chi connectivity index (χ0) is 20.1. The molecule has 0 N–H and O–H groups in total. The van der Waals surface area contributed by atoms with Crippen molar-refractivity contribution >= 4 is 16.9 Å². The smallest absolute Gasteiger partial charge is 0.195 e. The van der Waals surface area contributed by atoms with E-state index in [0.717, 1.165) is 79.6 Å². The maximum absolute atomic E-state index is 6.01. The fourth-order valence-corrected chi connectivity index (χ4v) is 3.83. The first-order valence-electron chi connectivity index (χ1n) is 10.8. The van der Waals surface area contributed by atoms with Crippen LogP contribution in [0.4, 0.5) is 5.82 Å². The van der Waals surface area contributed by atoms with Crippen molar-refractivity contribution in [2.24, 2.45) is 5.92 Å². The van der Waals surface area contributed by atoms with Gasteiger partial charge in [-0.2, -0.15) is 5.10 Å². The van der Waals surface area contributed by atoms with E-state index in [-0.39, 0.29) is 0 Å². The van der Waals surface area contributed by atoms with Gasteiger partial charge in [-0.05, 0) is 62.8 Å². The molecule has 0 amide bonds. The second-order valence-corrected chi connectivity index (χ2v) is 7.94. The number of rotatable bonds is 8. The lowest BCUT2D eigenvalue weighted by molar-refractivity contribution is 0.258. The lowest BCUT2D eigenvalue weighted by Crippen LogP contribution is -2.34. The van der Waals surface area contributed by atoms with Gasteiger partial charge in [0, 0.05) is 25.6 Å². The second-order valence-electron chi connectivity index (χ2n) is 7.94. The molecular weight excluding hydrogens is 364 g/mol. The zero-order valence-electron chi connectivity index (χ0n) is 17.4. The molecule has 154 valence electrons. The maximum atomic E-state index is 6.01. The number of aromatic nitrogens is 3. The van der Waals surface area contributed by atoms with E-state index in [0.29, 0.717) is 5.92 Å². The quantitative estimate of drug-likeness (QED) is 0.538. The highest BCUT2D eigenvalue weighted by molar-refractivity contribution is 5.74. The van der Waals surface area contributed by atoms with Gasteiger partial charge in [-0.3, -0.25) is 0 Å². The summed E-state index contributed by atoms with van der Waals surface area (Å²) >= 11 is 0. The summed E-state index contributed by atoms with van der Waals surface area (Å²) in [6.07, 6.45) is 6.55. The predicted molar refractivity (Wildman–Crippen MR) is 114 cm³/mol. The van der Waals surface area contributed by atoms with Gasteiger partial charge in [0.05, 0.1) is 12.3 Å². The number of aryl methyl sites for hydroxylation is 2. The summed E-state index contributed by atoms with van der Waals surface area (Å²) in [5, 5.41) is 8.48. The van der Waals surface area contributed by atoms with Crippen molar-refractivity contribution in [1.82, 2.24) is 15.2 Å². The standard InChI is InChI=1S/C23H30N4O2/c1-3-4-5-23-24-20-8-7-19(16-21(20)29-23)28-15-12-18-10-13-27(14-11-18)22-9-6-17(2)25-26-22/h6-9,16,18H,3-5,10-15H2,1-2H3. The Morgan fingerprint density at radius 3 is 2.76 bits per heavy atom. The molecule has 1 aliphatic heterocycles. The molecule has 2 aromatic heterocycles. The number of fused-ring (bicyclic) bond motifs is 1. The Morgan fingerprint density at radius 1 is 1.14 bits per heavy atom. The normalized spacial score (nSPS) is 15.2. The predicted octanol–water partition coefficient (Wildman–Crippen LogP) is 4.95. The topological polar surface area (TPSA) is 64.3 Å². The van der Waals surface area contributed by atoms with E-state index in [9.17, 15) is 0 Å². The van der Waals surface area contributed by atoms with E-state index in [1.165, 1.54) is 12.8 Å². The van der Waals surface area contributed by atoms with Crippen LogP contribution in [0.5, 0.6) is 5.75 Å². The molecule has 1 saturated heterocycles. The van der Waals surface area contributed by atoms with Gasteiger partial charge in [0.25, 0.3) is 0 Å². The Bertz CT molecular complexity index is 914. The summed E-state index contributed by atoms with van der Waals surface area (Å²) in [4.78, 5) is 6.88. The fraction of sp³-hybridized carbons (Fsp3) is 0.522. The Kier molecular flexibility index (Phi) is 6.27. The lowest BCUT2D eigenvalue weighted by Gasteiger charge is -2.32. The minimum absolute atomic E-state index is 0.694. The first-order valence-corrected chi connectivity index (χ1v) is 10.8. The molecule has 1 aromatic carbocycles. The van der Waals surface area contributed by atoms with Crippen molar-refractivity contribution in [3.8, 4) is 5.75 Å². The van der Waals surface area contributed by atoms with Crippen LogP contribution >= 0.6 is 0 Å². The molecule has 0 radical (unpaired) electrons. The van der Waals surface area contributed by atoms with Crippen LogP contribution in [0.15, 0.2) is 34.7 Å². The van der Waals surface area contributed by atoms with Crippen LogP contribution in [0.1, 0.15) is 50.6 Å². The van der Waals surface area contributed by atoms with Crippen LogP contribution in [0.2, 0.25) is 0 Å². The molecule has 3 heterocycles. The molecule has 0 bridgehead atoms. The van der Waals surface area contributed by atoms with Crippen molar-refractivity contribution in [2.75, 3.05) is 24.6 Å². The van der Waals surface area contributed by atoms with Crippen LogP contribution in [0, 0.1) is 12.8 Å². The maximum Gasteiger partial charge on any atom is 0.195 e. The average molecular weight is 395 g/mol. The van der Waals surface area contributed by atoms with E-state index in [1.807, 2.05) is 31.2 Å².